The lowest BCUT2D eigenvalue weighted by atomic mass is 9.87. The first kappa shape index (κ1) is 12.7. The molecule has 0 saturated heterocycles. The van der Waals surface area contributed by atoms with Crippen molar-refractivity contribution in [3.63, 3.8) is 0 Å². The Labute approximate surface area is 106 Å². The predicted octanol–water partition coefficient (Wildman–Crippen LogP) is 2.10. The molecule has 1 atom stereocenters. The fourth-order valence-corrected chi connectivity index (χ4v) is 1.50. The van der Waals surface area contributed by atoms with E-state index in [1.807, 2.05) is 39.0 Å². The molecule has 2 N–H and O–H groups in total. The molecule has 5 heteroatoms. The van der Waals surface area contributed by atoms with E-state index in [1.54, 1.807) is 6.20 Å². The summed E-state index contributed by atoms with van der Waals surface area (Å²) in [7, 11) is 0. The SMILES string of the molecule is CC(C)(C)[C@H](N)c1nc(Cc2ccccn2)no1. The quantitative estimate of drug-likeness (QED) is 0.897. The third kappa shape index (κ3) is 2.92. The number of aromatic nitrogens is 3. The van der Waals surface area contributed by atoms with Crippen molar-refractivity contribution in [2.45, 2.75) is 33.2 Å². The highest BCUT2D eigenvalue weighted by Crippen LogP contribution is 2.29. The lowest BCUT2D eigenvalue weighted by molar-refractivity contribution is 0.252. The summed E-state index contributed by atoms with van der Waals surface area (Å²) in [5.74, 6) is 1.09. The van der Waals surface area contributed by atoms with E-state index in [4.69, 9.17) is 10.3 Å². The first-order valence-corrected chi connectivity index (χ1v) is 5.95. The third-order valence-corrected chi connectivity index (χ3v) is 2.75. The number of nitrogens with two attached hydrogens (primary N) is 1. The summed E-state index contributed by atoms with van der Waals surface area (Å²) in [5.41, 5.74) is 6.88. The number of hydrogen-bond acceptors (Lipinski definition) is 5. The van der Waals surface area contributed by atoms with Crippen LogP contribution in [-0.2, 0) is 6.42 Å². The van der Waals surface area contributed by atoms with Crippen LogP contribution in [0, 0.1) is 5.41 Å². The zero-order chi connectivity index (χ0) is 13.2. The van der Waals surface area contributed by atoms with Crippen molar-refractivity contribution in [1.29, 1.82) is 0 Å². The van der Waals surface area contributed by atoms with Gasteiger partial charge in [-0.1, -0.05) is 32.0 Å². The Balaban J connectivity index is 2.12. The second-order valence-corrected chi connectivity index (χ2v) is 5.39. The van der Waals surface area contributed by atoms with E-state index in [0.29, 0.717) is 18.1 Å². The molecule has 96 valence electrons. The van der Waals surface area contributed by atoms with Crippen molar-refractivity contribution >= 4 is 0 Å². The van der Waals surface area contributed by atoms with E-state index in [9.17, 15) is 0 Å². The van der Waals surface area contributed by atoms with E-state index < -0.39 is 0 Å². The van der Waals surface area contributed by atoms with Gasteiger partial charge < -0.3 is 10.3 Å². The van der Waals surface area contributed by atoms with Crippen LogP contribution in [0.1, 0.15) is 44.2 Å². The second-order valence-electron chi connectivity index (χ2n) is 5.39. The number of pyridine rings is 1. The minimum absolute atomic E-state index is 0.102. The van der Waals surface area contributed by atoms with Gasteiger partial charge in [0.2, 0.25) is 5.89 Å². The molecule has 2 heterocycles. The van der Waals surface area contributed by atoms with Gasteiger partial charge in [0, 0.05) is 11.9 Å². The third-order valence-electron chi connectivity index (χ3n) is 2.75. The Morgan fingerprint density at radius 2 is 2.11 bits per heavy atom. The van der Waals surface area contributed by atoms with Crippen LogP contribution in [0.3, 0.4) is 0 Å². The minimum atomic E-state index is -0.262. The molecule has 0 saturated carbocycles. The van der Waals surface area contributed by atoms with E-state index >= 15 is 0 Å². The Bertz CT molecular complexity index is 501. The van der Waals surface area contributed by atoms with Gasteiger partial charge in [-0.2, -0.15) is 4.98 Å². The second kappa shape index (κ2) is 4.86. The average molecular weight is 246 g/mol. The molecule has 0 fully saturated rings. The summed E-state index contributed by atoms with van der Waals surface area (Å²) < 4.78 is 5.21. The summed E-state index contributed by atoms with van der Waals surface area (Å²) in [6.07, 6.45) is 2.30. The summed E-state index contributed by atoms with van der Waals surface area (Å²) in [6, 6.07) is 5.48. The van der Waals surface area contributed by atoms with Crippen molar-refractivity contribution in [1.82, 2.24) is 15.1 Å². The fraction of sp³-hybridized carbons (Fsp3) is 0.462. The Morgan fingerprint density at radius 3 is 2.72 bits per heavy atom. The standard InChI is InChI=1S/C13H18N4O/c1-13(2,3)11(14)12-16-10(17-18-12)8-9-6-4-5-7-15-9/h4-7,11H,8,14H2,1-3H3/t11-/m1/s1. The molecule has 2 aromatic rings. The molecule has 0 amide bonds. The summed E-state index contributed by atoms with van der Waals surface area (Å²) in [6.45, 7) is 6.13. The van der Waals surface area contributed by atoms with Crippen molar-refractivity contribution in [3.8, 4) is 0 Å². The Kier molecular flexibility index (Phi) is 3.43. The summed E-state index contributed by atoms with van der Waals surface area (Å²) in [4.78, 5) is 8.55. The van der Waals surface area contributed by atoms with Crippen molar-refractivity contribution in [3.05, 3.63) is 41.8 Å². The molecule has 0 bridgehead atoms. The van der Waals surface area contributed by atoms with Crippen molar-refractivity contribution in [2.24, 2.45) is 11.1 Å². The topological polar surface area (TPSA) is 77.8 Å². The monoisotopic (exact) mass is 246 g/mol. The van der Waals surface area contributed by atoms with Crippen molar-refractivity contribution < 1.29 is 4.52 Å². The van der Waals surface area contributed by atoms with Crippen LogP contribution in [0.2, 0.25) is 0 Å². The highest BCUT2D eigenvalue weighted by atomic mass is 16.5. The van der Waals surface area contributed by atoms with Gasteiger partial charge in [0.15, 0.2) is 5.82 Å². The van der Waals surface area contributed by atoms with Gasteiger partial charge in [-0.05, 0) is 17.5 Å². The summed E-state index contributed by atoms with van der Waals surface area (Å²) >= 11 is 0. The number of hydrogen-bond donors (Lipinski definition) is 1. The maximum atomic E-state index is 6.07. The molecule has 0 radical (unpaired) electrons. The highest BCUT2D eigenvalue weighted by molar-refractivity contribution is 5.09. The molecule has 0 spiro atoms. The molecule has 5 nitrogen and oxygen atoms in total. The van der Waals surface area contributed by atoms with Gasteiger partial charge in [-0.3, -0.25) is 4.98 Å². The highest BCUT2D eigenvalue weighted by Gasteiger charge is 2.27. The predicted molar refractivity (Wildman–Crippen MR) is 67.7 cm³/mol. The average Bonchev–Trinajstić information content (AvgIpc) is 2.76. The van der Waals surface area contributed by atoms with Crippen molar-refractivity contribution in [2.75, 3.05) is 0 Å². The molecule has 0 aliphatic rings. The Morgan fingerprint density at radius 1 is 1.33 bits per heavy atom. The fourth-order valence-electron chi connectivity index (χ4n) is 1.50. The number of nitrogens with zero attached hydrogens (tertiary/aromatic N) is 3. The molecule has 0 unspecified atom stereocenters. The summed E-state index contributed by atoms with van der Waals surface area (Å²) in [5, 5.41) is 3.94. The van der Waals surface area contributed by atoms with Crippen LogP contribution in [0.4, 0.5) is 0 Å². The molecule has 0 aromatic carbocycles. The first-order chi connectivity index (χ1) is 8.47. The molecule has 0 aliphatic heterocycles. The Hall–Kier alpha value is -1.75. The smallest absolute Gasteiger partial charge is 0.244 e. The largest absolute Gasteiger partial charge is 0.338 e. The zero-order valence-electron chi connectivity index (χ0n) is 10.9. The maximum absolute atomic E-state index is 6.07. The van der Waals surface area contributed by atoms with E-state index in [-0.39, 0.29) is 11.5 Å². The van der Waals surface area contributed by atoms with Crippen LogP contribution in [0.15, 0.2) is 28.9 Å². The van der Waals surface area contributed by atoms with Gasteiger partial charge in [0.1, 0.15) is 0 Å². The van der Waals surface area contributed by atoms with E-state index in [0.717, 1.165) is 5.69 Å². The first-order valence-electron chi connectivity index (χ1n) is 5.95. The van der Waals surface area contributed by atoms with Gasteiger partial charge in [0.05, 0.1) is 12.5 Å². The number of rotatable bonds is 3. The van der Waals surface area contributed by atoms with Crippen LogP contribution in [0.5, 0.6) is 0 Å². The molecular weight excluding hydrogens is 228 g/mol. The minimum Gasteiger partial charge on any atom is -0.338 e. The zero-order valence-corrected chi connectivity index (χ0v) is 10.9. The van der Waals surface area contributed by atoms with Gasteiger partial charge in [-0.25, -0.2) is 0 Å². The van der Waals surface area contributed by atoms with E-state index in [2.05, 4.69) is 15.1 Å². The van der Waals surface area contributed by atoms with E-state index in [1.165, 1.54) is 0 Å². The molecular formula is C13H18N4O. The molecule has 18 heavy (non-hydrogen) atoms. The molecule has 2 rings (SSSR count). The van der Waals surface area contributed by atoms with Crippen LogP contribution >= 0.6 is 0 Å². The van der Waals surface area contributed by atoms with Gasteiger partial charge >= 0.3 is 0 Å². The normalized spacial score (nSPS) is 13.6. The molecule has 0 aliphatic carbocycles. The van der Waals surface area contributed by atoms with Crippen LogP contribution in [0.25, 0.3) is 0 Å². The maximum Gasteiger partial charge on any atom is 0.244 e. The van der Waals surface area contributed by atoms with Crippen LogP contribution in [-0.4, -0.2) is 15.1 Å². The van der Waals surface area contributed by atoms with Crippen LogP contribution < -0.4 is 5.73 Å². The molecule has 2 aromatic heterocycles. The van der Waals surface area contributed by atoms with Gasteiger partial charge in [-0.15, -0.1) is 0 Å². The lowest BCUT2D eigenvalue weighted by Crippen LogP contribution is -2.26. The lowest BCUT2D eigenvalue weighted by Gasteiger charge is -2.23. The van der Waals surface area contributed by atoms with Gasteiger partial charge in [0.25, 0.3) is 0 Å².